The Hall–Kier alpha value is -1.97. The lowest BCUT2D eigenvalue weighted by Gasteiger charge is -2.43. The molecule has 136 valence electrons. The van der Waals surface area contributed by atoms with E-state index in [1.807, 2.05) is 17.8 Å². The first-order valence-corrected chi connectivity index (χ1v) is 8.75. The van der Waals surface area contributed by atoms with Gasteiger partial charge in [0, 0.05) is 46.5 Å². The van der Waals surface area contributed by atoms with Crippen LogP contribution in [0.15, 0.2) is 12.3 Å². The highest BCUT2D eigenvalue weighted by Gasteiger charge is 2.32. The van der Waals surface area contributed by atoms with Gasteiger partial charge in [-0.1, -0.05) is 0 Å². The first-order chi connectivity index (χ1) is 12.3. The smallest absolute Gasteiger partial charge is 0.227 e. The highest BCUT2D eigenvalue weighted by molar-refractivity contribution is 5.53. The first-order valence-electron chi connectivity index (χ1n) is 8.75. The fourth-order valence-corrected chi connectivity index (χ4v) is 3.63. The third-order valence-electron chi connectivity index (χ3n) is 5.02. The first kappa shape index (κ1) is 16.5. The van der Waals surface area contributed by atoms with E-state index in [0.29, 0.717) is 19.2 Å². The monoisotopic (exact) mass is 347 g/mol. The molecule has 2 aliphatic rings. The Balaban J connectivity index is 1.62. The van der Waals surface area contributed by atoms with Gasteiger partial charge in [-0.3, -0.25) is 14.1 Å². The van der Waals surface area contributed by atoms with Crippen molar-refractivity contribution < 1.29 is 9.47 Å². The second-order valence-electron chi connectivity index (χ2n) is 6.52. The average molecular weight is 347 g/mol. The molecule has 0 N–H and O–H groups in total. The van der Waals surface area contributed by atoms with E-state index < -0.39 is 0 Å². The predicted octanol–water partition coefficient (Wildman–Crippen LogP) is -0.154. The molecule has 0 aliphatic carbocycles. The Morgan fingerprint density at radius 1 is 1.28 bits per heavy atom. The molecule has 4 rings (SSSR count). The molecule has 2 aliphatic heterocycles. The van der Waals surface area contributed by atoms with E-state index in [2.05, 4.69) is 29.7 Å². The van der Waals surface area contributed by atoms with Gasteiger partial charge in [0.15, 0.2) is 5.82 Å². The molecule has 0 radical (unpaired) electrons. The van der Waals surface area contributed by atoms with Gasteiger partial charge >= 0.3 is 0 Å². The Kier molecular flexibility index (Phi) is 4.69. The fraction of sp³-hybridized carbons (Fsp3) is 0.688. The molecule has 0 saturated carbocycles. The van der Waals surface area contributed by atoms with Gasteiger partial charge in [-0.2, -0.15) is 5.10 Å². The van der Waals surface area contributed by atoms with Gasteiger partial charge in [-0.05, 0) is 6.07 Å². The highest BCUT2D eigenvalue weighted by atomic mass is 16.5. The number of piperazine rings is 1. The molecule has 25 heavy (non-hydrogen) atoms. The molecule has 0 bridgehead atoms. The molecule has 2 saturated heterocycles. The van der Waals surface area contributed by atoms with Crippen LogP contribution in [0.25, 0.3) is 11.5 Å². The summed E-state index contributed by atoms with van der Waals surface area (Å²) in [6.45, 7) is 6.87. The molecule has 2 aromatic heterocycles. The number of morpholine rings is 1. The van der Waals surface area contributed by atoms with Gasteiger partial charge in [0.05, 0.1) is 32.4 Å². The van der Waals surface area contributed by atoms with Crippen LogP contribution in [0.5, 0.6) is 0 Å². The van der Waals surface area contributed by atoms with Gasteiger partial charge in [0.25, 0.3) is 0 Å². The summed E-state index contributed by atoms with van der Waals surface area (Å²) in [5.74, 6) is 1.73. The molecule has 1 atom stereocenters. The topological polar surface area (TPSA) is 73.5 Å². The Morgan fingerprint density at radius 2 is 2.20 bits per heavy atom. The third-order valence-corrected chi connectivity index (χ3v) is 5.02. The number of methoxy groups -OCH3 is 1. The van der Waals surface area contributed by atoms with Crippen molar-refractivity contribution in [2.45, 2.75) is 12.6 Å². The lowest BCUT2D eigenvalue weighted by Crippen LogP contribution is -2.58. The van der Waals surface area contributed by atoms with E-state index >= 15 is 0 Å². The van der Waals surface area contributed by atoms with Gasteiger partial charge in [-0.25, -0.2) is 0 Å². The van der Waals surface area contributed by atoms with Crippen molar-refractivity contribution in [2.24, 2.45) is 7.05 Å². The Bertz CT molecular complexity index is 713. The minimum atomic E-state index is 0.426. The number of nitrogens with zero attached hydrogens (tertiary/aromatic N) is 7. The number of ether oxygens (including phenoxy) is 2. The number of aryl methyl sites for hydroxylation is 1. The average Bonchev–Trinajstić information content (AvgIpc) is 3.25. The van der Waals surface area contributed by atoms with Gasteiger partial charge < -0.3 is 14.4 Å². The van der Waals surface area contributed by atoms with Crippen LogP contribution >= 0.6 is 0 Å². The van der Waals surface area contributed by atoms with Gasteiger partial charge in [0.1, 0.15) is 5.69 Å². The van der Waals surface area contributed by atoms with Gasteiger partial charge in [-0.15, -0.1) is 10.2 Å². The molecule has 0 unspecified atom stereocenters. The van der Waals surface area contributed by atoms with E-state index in [1.54, 1.807) is 13.3 Å². The summed E-state index contributed by atoms with van der Waals surface area (Å²) in [5.41, 5.74) is 0.953. The van der Waals surface area contributed by atoms with Gasteiger partial charge in [0.2, 0.25) is 5.95 Å². The van der Waals surface area contributed by atoms with Crippen molar-refractivity contribution in [3.63, 3.8) is 0 Å². The largest absolute Gasteiger partial charge is 0.383 e. The van der Waals surface area contributed by atoms with Crippen molar-refractivity contribution >= 4 is 5.95 Å². The molecule has 9 heteroatoms. The maximum atomic E-state index is 5.66. The maximum Gasteiger partial charge on any atom is 0.227 e. The number of hydrogen-bond acceptors (Lipinski definition) is 7. The molecule has 9 nitrogen and oxygen atoms in total. The summed E-state index contributed by atoms with van der Waals surface area (Å²) in [7, 11) is 3.63. The van der Waals surface area contributed by atoms with Crippen LogP contribution in [0, 0.1) is 0 Å². The highest BCUT2D eigenvalue weighted by Crippen LogP contribution is 2.25. The summed E-state index contributed by atoms with van der Waals surface area (Å²) in [4.78, 5) is 4.83. The Labute approximate surface area is 147 Å². The number of fused-ring (bicyclic) bond motifs is 1. The standard InChI is InChI=1S/C16H25N7O2/c1-20-14(3-4-17-20)15-18-19-16(23(15)8-9-24-2)22-6-5-21-7-10-25-12-13(21)11-22/h3-4,13H,5-12H2,1-2H3/t13-/m0/s1. The molecule has 2 aromatic rings. The van der Waals surface area contributed by atoms with Crippen LogP contribution < -0.4 is 4.90 Å². The zero-order valence-electron chi connectivity index (χ0n) is 14.8. The van der Waals surface area contributed by atoms with Crippen molar-refractivity contribution in [3.05, 3.63) is 12.3 Å². The summed E-state index contributed by atoms with van der Waals surface area (Å²) in [6, 6.07) is 2.39. The Morgan fingerprint density at radius 3 is 3.00 bits per heavy atom. The predicted molar refractivity (Wildman–Crippen MR) is 92.5 cm³/mol. The summed E-state index contributed by atoms with van der Waals surface area (Å²) in [5, 5.41) is 13.2. The SMILES string of the molecule is COCCn1c(-c2ccnn2C)nnc1N1CCN2CCOC[C@@H]2C1. The minimum Gasteiger partial charge on any atom is -0.383 e. The van der Waals surface area contributed by atoms with E-state index in [0.717, 1.165) is 56.9 Å². The van der Waals surface area contributed by atoms with Crippen LogP contribution in [0.4, 0.5) is 5.95 Å². The van der Waals surface area contributed by atoms with E-state index in [-0.39, 0.29) is 0 Å². The summed E-state index contributed by atoms with van der Waals surface area (Å²) < 4.78 is 14.9. The second-order valence-corrected chi connectivity index (χ2v) is 6.52. The van der Waals surface area contributed by atoms with E-state index in [9.17, 15) is 0 Å². The molecule has 0 amide bonds. The number of aromatic nitrogens is 5. The zero-order valence-corrected chi connectivity index (χ0v) is 14.8. The zero-order chi connectivity index (χ0) is 17.2. The fourth-order valence-electron chi connectivity index (χ4n) is 3.63. The van der Waals surface area contributed by atoms with E-state index in [4.69, 9.17) is 9.47 Å². The van der Waals surface area contributed by atoms with Crippen molar-refractivity contribution in [3.8, 4) is 11.5 Å². The maximum absolute atomic E-state index is 5.66. The van der Waals surface area contributed by atoms with Crippen molar-refractivity contribution in [1.29, 1.82) is 0 Å². The molecule has 0 aromatic carbocycles. The van der Waals surface area contributed by atoms with Crippen molar-refractivity contribution in [2.75, 3.05) is 58.0 Å². The lowest BCUT2D eigenvalue weighted by molar-refractivity contribution is -0.0120. The molecular formula is C16H25N7O2. The van der Waals surface area contributed by atoms with Crippen molar-refractivity contribution in [1.82, 2.24) is 29.4 Å². The third kappa shape index (κ3) is 3.14. The lowest BCUT2D eigenvalue weighted by atomic mass is 10.1. The number of rotatable bonds is 5. The van der Waals surface area contributed by atoms with Crippen LogP contribution in [0.3, 0.4) is 0 Å². The van der Waals surface area contributed by atoms with E-state index in [1.165, 1.54) is 0 Å². The molecular weight excluding hydrogens is 322 g/mol. The van der Waals surface area contributed by atoms with Crippen LogP contribution in [0.2, 0.25) is 0 Å². The van der Waals surface area contributed by atoms with Crippen LogP contribution in [0.1, 0.15) is 0 Å². The molecule has 2 fully saturated rings. The molecule has 0 spiro atoms. The normalized spacial score (nSPS) is 21.5. The number of hydrogen-bond donors (Lipinski definition) is 0. The van der Waals surface area contributed by atoms with Crippen LogP contribution in [-0.4, -0.2) is 88.6 Å². The summed E-state index contributed by atoms with van der Waals surface area (Å²) >= 11 is 0. The minimum absolute atomic E-state index is 0.426. The quantitative estimate of drug-likeness (QED) is 0.744. The number of anilines is 1. The summed E-state index contributed by atoms with van der Waals surface area (Å²) in [6.07, 6.45) is 1.78. The van der Waals surface area contributed by atoms with Crippen LogP contribution in [-0.2, 0) is 23.1 Å². The second kappa shape index (κ2) is 7.11. The molecule has 4 heterocycles.